The van der Waals surface area contributed by atoms with Gasteiger partial charge in [-0.3, -0.25) is 0 Å². The third-order valence-corrected chi connectivity index (χ3v) is 6.26. The third-order valence-electron chi connectivity index (χ3n) is 6.26. The van der Waals surface area contributed by atoms with Crippen molar-refractivity contribution in [2.75, 3.05) is 102 Å². The Labute approximate surface area is 198 Å². The zero-order valence-corrected chi connectivity index (χ0v) is 23.1. The number of nitrogens with zero attached hydrogens (tertiary/aromatic N) is 3. The normalized spacial score (nSPS) is 22.7. The van der Waals surface area contributed by atoms with E-state index in [0.717, 1.165) is 33.6 Å². The van der Waals surface area contributed by atoms with Crippen LogP contribution in [0, 0.1) is 0 Å². The van der Waals surface area contributed by atoms with Gasteiger partial charge in [0.1, 0.15) is 0 Å². The van der Waals surface area contributed by atoms with Gasteiger partial charge in [-0.05, 0) is 0 Å². The van der Waals surface area contributed by atoms with Gasteiger partial charge in [0.15, 0.2) is 20.2 Å². The molecule has 0 spiro atoms. The van der Waals surface area contributed by atoms with Crippen LogP contribution in [0.15, 0.2) is 0 Å². The standard InChI is InChI=1S/3C7H16NO.AsH3O4/c3*1-8(7-9-2)5-3-4-6-8;2-1(3,4)5/h3*3-7H2,1-2H3;(H3,2,3,4,5)/q3*+1;/p-3. The fraction of sp³-hybridized carbons (Fsp3) is 1.00. The molecule has 3 aliphatic rings. The molecule has 0 aromatic carbocycles. The first kappa shape index (κ1) is 32.0. The summed E-state index contributed by atoms with van der Waals surface area (Å²) in [7, 11) is 12.1. The van der Waals surface area contributed by atoms with Gasteiger partial charge >= 0.3 is 30.5 Å². The molecule has 3 heterocycles. The monoisotopic (exact) mass is 529 g/mol. The Kier molecular flexibility index (Phi) is 15.8. The Morgan fingerprint density at radius 2 is 0.719 bits per heavy atom. The molecule has 3 saturated heterocycles. The van der Waals surface area contributed by atoms with Gasteiger partial charge in [0, 0.05) is 59.9 Å². The molecular formula is C21H48AsN3O7. The predicted octanol–water partition coefficient (Wildman–Crippen LogP) is -1.57. The summed E-state index contributed by atoms with van der Waals surface area (Å²) in [5.74, 6) is 0. The van der Waals surface area contributed by atoms with Crippen molar-refractivity contribution in [3.63, 3.8) is 0 Å². The van der Waals surface area contributed by atoms with E-state index >= 15 is 0 Å². The molecular weight excluding hydrogens is 481 g/mol. The summed E-state index contributed by atoms with van der Waals surface area (Å²) in [6.45, 7) is 10.5. The Balaban J connectivity index is 0.000000410. The van der Waals surface area contributed by atoms with E-state index in [4.69, 9.17) is 30.2 Å². The van der Waals surface area contributed by atoms with Crippen molar-refractivity contribution < 1.29 is 43.7 Å². The molecule has 3 rings (SSSR count). The van der Waals surface area contributed by atoms with Gasteiger partial charge < -0.3 is 27.7 Å². The van der Waals surface area contributed by atoms with Crippen LogP contribution in [0.3, 0.4) is 0 Å². The van der Waals surface area contributed by atoms with Crippen molar-refractivity contribution in [3.05, 3.63) is 0 Å². The summed E-state index contributed by atoms with van der Waals surface area (Å²) in [5, 5.41) is 0. The molecule has 0 N–H and O–H groups in total. The third kappa shape index (κ3) is 16.6. The number of quaternary nitrogens is 3. The average molecular weight is 530 g/mol. The van der Waals surface area contributed by atoms with Gasteiger partial charge in [-0.15, -0.1) is 0 Å². The zero-order chi connectivity index (χ0) is 24.7. The van der Waals surface area contributed by atoms with Crippen LogP contribution < -0.4 is 12.3 Å². The van der Waals surface area contributed by atoms with Crippen LogP contribution in [-0.2, 0) is 18.0 Å². The van der Waals surface area contributed by atoms with Gasteiger partial charge in [0.25, 0.3) is 0 Å². The summed E-state index contributed by atoms with van der Waals surface area (Å²) in [5.41, 5.74) is 0. The summed E-state index contributed by atoms with van der Waals surface area (Å²) in [6.07, 6.45) is 8.25. The van der Waals surface area contributed by atoms with E-state index in [2.05, 4.69) is 21.1 Å². The number of hydrogen-bond acceptors (Lipinski definition) is 7. The Morgan fingerprint density at radius 1 is 0.562 bits per heavy atom. The topological polar surface area (TPSA) is 114 Å². The molecule has 0 amide bonds. The second-order valence-corrected chi connectivity index (χ2v) is 11.9. The maximum absolute atomic E-state index is 8.61. The maximum atomic E-state index is 8.61. The second kappa shape index (κ2) is 15.8. The van der Waals surface area contributed by atoms with Gasteiger partial charge in [0.2, 0.25) is 0 Å². The van der Waals surface area contributed by atoms with E-state index in [1.807, 2.05) is 0 Å². The van der Waals surface area contributed by atoms with Gasteiger partial charge in [-0.1, -0.05) is 0 Å². The predicted molar refractivity (Wildman–Crippen MR) is 118 cm³/mol. The fourth-order valence-corrected chi connectivity index (χ4v) is 4.62. The van der Waals surface area contributed by atoms with Crippen molar-refractivity contribution in [2.45, 2.75) is 38.5 Å². The zero-order valence-electron chi connectivity index (χ0n) is 21.3. The van der Waals surface area contributed by atoms with Crippen molar-refractivity contribution >= 4 is 14.5 Å². The molecule has 32 heavy (non-hydrogen) atoms. The molecule has 0 aromatic heterocycles. The molecule has 0 aliphatic carbocycles. The van der Waals surface area contributed by atoms with Gasteiger partial charge in [-0.25, -0.2) is 0 Å². The van der Waals surface area contributed by atoms with Crippen LogP contribution in [0.1, 0.15) is 38.5 Å². The molecule has 10 nitrogen and oxygen atoms in total. The van der Waals surface area contributed by atoms with Crippen molar-refractivity contribution in [1.82, 2.24) is 0 Å². The first-order valence-electron chi connectivity index (χ1n) is 11.5. The average Bonchev–Trinajstić information content (AvgIpc) is 3.39. The van der Waals surface area contributed by atoms with Crippen molar-refractivity contribution in [2.24, 2.45) is 0 Å². The van der Waals surface area contributed by atoms with Crippen LogP contribution in [0.25, 0.3) is 0 Å². The van der Waals surface area contributed by atoms with Crippen molar-refractivity contribution in [1.29, 1.82) is 0 Å². The second-order valence-electron chi connectivity index (χ2n) is 10.0. The minimum absolute atomic E-state index is 0.889. The quantitative estimate of drug-likeness (QED) is 0.302. The molecule has 194 valence electrons. The molecule has 0 aromatic rings. The van der Waals surface area contributed by atoms with Crippen LogP contribution >= 0.6 is 0 Å². The van der Waals surface area contributed by atoms with Crippen molar-refractivity contribution in [3.8, 4) is 0 Å². The summed E-state index contributed by atoms with van der Waals surface area (Å²) in [6, 6.07) is 0. The molecule has 0 radical (unpaired) electrons. The molecule has 3 fully saturated rings. The number of ether oxygens (including phenoxy) is 3. The van der Waals surface area contributed by atoms with E-state index in [0.29, 0.717) is 0 Å². The molecule has 11 heteroatoms. The molecule has 0 unspecified atom stereocenters. The number of likely N-dealkylation sites (tertiary alicyclic amines) is 3. The number of methoxy groups -OCH3 is 3. The SMILES string of the molecule is COC[N+]1(C)CCCC1.COC[N+]1(C)CCCC1.COC[N+]1(C)CCCC1.O=[As]([O-])([O-])[O-]. The first-order valence-corrected chi connectivity index (χ1v) is 14.6. The Hall–Kier alpha value is -0.00156. The van der Waals surface area contributed by atoms with Crippen LogP contribution in [0.5, 0.6) is 0 Å². The van der Waals surface area contributed by atoms with E-state index in [1.54, 1.807) is 21.3 Å². The Bertz CT molecular complexity index is 450. The van der Waals surface area contributed by atoms with E-state index < -0.39 is 14.5 Å². The van der Waals surface area contributed by atoms with E-state index in [9.17, 15) is 0 Å². The molecule has 3 aliphatic heterocycles. The molecule has 0 saturated carbocycles. The minimum atomic E-state index is -5.88. The fourth-order valence-electron chi connectivity index (χ4n) is 4.62. The molecule has 0 bridgehead atoms. The van der Waals surface area contributed by atoms with Crippen LogP contribution in [0.2, 0.25) is 0 Å². The number of rotatable bonds is 6. The van der Waals surface area contributed by atoms with Crippen LogP contribution in [-0.4, -0.2) is 130 Å². The van der Waals surface area contributed by atoms with Gasteiger partial charge in [0.05, 0.1) is 60.4 Å². The number of hydrogen-bond donors (Lipinski definition) is 0. The Morgan fingerprint density at radius 3 is 0.844 bits per heavy atom. The van der Waals surface area contributed by atoms with Crippen LogP contribution in [0.4, 0.5) is 0 Å². The molecule has 0 atom stereocenters. The summed E-state index contributed by atoms with van der Waals surface area (Å²) < 4.78 is 53.1. The summed E-state index contributed by atoms with van der Waals surface area (Å²) >= 11 is -5.88. The van der Waals surface area contributed by atoms with Gasteiger partial charge in [-0.2, -0.15) is 0 Å². The van der Waals surface area contributed by atoms with E-state index in [1.165, 1.54) is 77.8 Å². The van der Waals surface area contributed by atoms with E-state index in [-0.39, 0.29) is 0 Å². The summed E-state index contributed by atoms with van der Waals surface area (Å²) in [4.78, 5) is 0. The first-order chi connectivity index (χ1) is 14.8.